The van der Waals surface area contributed by atoms with Crippen molar-refractivity contribution in [3.63, 3.8) is 0 Å². The van der Waals surface area contributed by atoms with Crippen LogP contribution in [0.4, 0.5) is 47.6 Å². The van der Waals surface area contributed by atoms with Gasteiger partial charge in [-0.05, 0) is 140 Å². The van der Waals surface area contributed by atoms with Crippen LogP contribution in [0, 0.1) is 34.6 Å². The number of amides is 3. The number of benzene rings is 2. The molecule has 4 heterocycles. The number of aromatic nitrogens is 6. The van der Waals surface area contributed by atoms with E-state index in [4.69, 9.17) is 24.7 Å². The van der Waals surface area contributed by atoms with E-state index in [9.17, 15) is 46.0 Å². The number of hydrogen-bond acceptors (Lipinski definition) is 14. The zero-order chi connectivity index (χ0) is 56.2. The van der Waals surface area contributed by atoms with E-state index in [0.717, 1.165) is 21.9 Å². The van der Waals surface area contributed by atoms with E-state index in [2.05, 4.69) is 30.4 Å². The predicted octanol–water partition coefficient (Wildman–Crippen LogP) is 10.2. The van der Waals surface area contributed by atoms with Crippen LogP contribution in [-0.4, -0.2) is 99.3 Å². The van der Waals surface area contributed by atoms with E-state index in [-0.39, 0.29) is 107 Å². The minimum atomic E-state index is -1.20. The Balaban J connectivity index is 0.000000224. The molecule has 77 heavy (non-hydrogen) atoms. The number of hydrogen-bond donors (Lipinski definition) is 1. The molecule has 0 unspecified atom stereocenters. The average molecular weight is 1070 g/mol. The fraction of sp³-hybridized carbons (Fsp3) is 0.370. The van der Waals surface area contributed by atoms with Crippen molar-refractivity contribution in [2.75, 3.05) is 37.1 Å². The number of nitrogens with zero attached hydrogens (tertiary/aromatic N) is 9. The Bertz CT molecular complexity index is 3190. The number of halogens is 6. The molecule has 0 atom stereocenters. The Morgan fingerprint density at radius 3 is 1.38 bits per heavy atom. The molecule has 2 saturated carbocycles. The molecule has 2 fully saturated rings. The summed E-state index contributed by atoms with van der Waals surface area (Å²) in [6.45, 7) is 9.71. The van der Waals surface area contributed by atoms with Crippen molar-refractivity contribution in [2.45, 2.75) is 102 Å². The van der Waals surface area contributed by atoms with Crippen molar-refractivity contribution in [2.24, 2.45) is 5.73 Å². The second-order valence-corrected chi connectivity index (χ2v) is 20.4. The molecule has 2 N–H and O–H groups in total. The summed E-state index contributed by atoms with van der Waals surface area (Å²) in [5.74, 6) is -3.58. The van der Waals surface area contributed by atoms with Gasteiger partial charge in [-0.1, -0.05) is 0 Å². The van der Waals surface area contributed by atoms with Crippen molar-refractivity contribution in [3.8, 4) is 40.1 Å². The lowest BCUT2D eigenvalue weighted by atomic mass is 9.64. The predicted molar refractivity (Wildman–Crippen MR) is 268 cm³/mol. The molecule has 404 valence electrons. The van der Waals surface area contributed by atoms with Gasteiger partial charge in [-0.2, -0.15) is 5.26 Å². The highest BCUT2D eigenvalue weighted by Gasteiger charge is 2.52. The van der Waals surface area contributed by atoms with E-state index in [1.165, 1.54) is 87.3 Å². The molecule has 0 spiro atoms. The molecule has 2 aliphatic rings. The largest absolute Gasteiger partial charge is 0.495 e. The maximum atomic E-state index is 14.8. The highest BCUT2D eigenvalue weighted by molar-refractivity contribution is 5.98. The molecule has 0 bridgehead atoms. The van der Waals surface area contributed by atoms with Crippen LogP contribution in [0.2, 0.25) is 0 Å². The smallest absolute Gasteiger partial charge is 0.416 e. The van der Waals surface area contributed by atoms with Gasteiger partial charge in [0.15, 0.2) is 11.6 Å². The van der Waals surface area contributed by atoms with E-state index >= 15 is 0 Å². The number of alkyl halides is 2. The van der Waals surface area contributed by atoms with Crippen molar-refractivity contribution < 1.29 is 59.7 Å². The zero-order valence-electron chi connectivity index (χ0n) is 43.2. The lowest BCUT2D eigenvalue weighted by Gasteiger charge is -2.46. The molecule has 4 aromatic heterocycles. The zero-order valence-corrected chi connectivity index (χ0v) is 43.2. The number of carbonyl (C=O) groups excluding carboxylic acids is 3. The summed E-state index contributed by atoms with van der Waals surface area (Å²) >= 11 is 0. The van der Waals surface area contributed by atoms with E-state index in [1.54, 1.807) is 41.5 Å². The third-order valence-corrected chi connectivity index (χ3v) is 12.5. The molecule has 17 nitrogen and oxygen atoms in total. The van der Waals surface area contributed by atoms with Gasteiger partial charge < -0.3 is 24.7 Å². The van der Waals surface area contributed by atoms with Crippen LogP contribution < -0.4 is 25.0 Å². The summed E-state index contributed by atoms with van der Waals surface area (Å²) in [5, 5.41) is 25.7. The minimum absolute atomic E-state index is 0.00158. The van der Waals surface area contributed by atoms with Crippen LogP contribution in [0.5, 0.6) is 11.5 Å². The first kappa shape index (κ1) is 56.3. The number of pyridine rings is 2. The first-order valence-electron chi connectivity index (χ1n) is 24.0. The van der Waals surface area contributed by atoms with Gasteiger partial charge in [-0.3, -0.25) is 24.6 Å². The van der Waals surface area contributed by atoms with Gasteiger partial charge in [0.25, 0.3) is 5.91 Å². The second-order valence-electron chi connectivity index (χ2n) is 20.4. The Hall–Kier alpha value is -8.42. The van der Waals surface area contributed by atoms with Crippen LogP contribution >= 0.6 is 0 Å². The number of nitrogens with two attached hydrogens (primary N) is 1. The van der Waals surface area contributed by atoms with Crippen LogP contribution in [0.1, 0.15) is 94.5 Å². The van der Waals surface area contributed by atoms with Crippen LogP contribution in [-0.2, 0) is 20.3 Å². The van der Waals surface area contributed by atoms with Gasteiger partial charge >= 0.3 is 12.2 Å². The summed E-state index contributed by atoms with van der Waals surface area (Å²) in [4.78, 5) is 49.0. The number of carbonyl (C=O) groups is 3. The minimum Gasteiger partial charge on any atom is -0.495 e. The quantitative estimate of drug-likeness (QED) is 0.106. The number of methoxy groups -OCH3 is 2. The van der Waals surface area contributed by atoms with Crippen molar-refractivity contribution in [3.05, 3.63) is 131 Å². The summed E-state index contributed by atoms with van der Waals surface area (Å²) < 4.78 is 109. The van der Waals surface area contributed by atoms with Crippen LogP contribution in [0.15, 0.2) is 85.2 Å². The normalized spacial score (nSPS) is 18.7. The Labute approximate surface area is 439 Å². The molecule has 6 aromatic rings. The van der Waals surface area contributed by atoms with E-state index in [0.29, 0.717) is 0 Å². The van der Waals surface area contributed by atoms with Gasteiger partial charge in [-0.25, -0.2) is 35.9 Å². The fourth-order valence-corrected chi connectivity index (χ4v) is 9.15. The first-order chi connectivity index (χ1) is 36.3. The van der Waals surface area contributed by atoms with Gasteiger partial charge in [0, 0.05) is 36.3 Å². The number of nitriles is 1. The molecule has 0 saturated heterocycles. The standard InChI is InChI=1S/C27H28F3N5O4.C27H26F3N5O3/c1-26(2,3)39-25(37)35(14-27(12-15(28)13-27)23-18(30)6-5-11-32-23)20-10-9-19(33-34-20)21-17(29)8-7-16(24(31)36)22(21)38-4;1-26(2,3)38-25(36)35(15-27(12-17(28)13-27)24-19(30)6-5-11-32-24)21-10-9-20(33-34-21)22-18(29)8-7-16(14-31)23(22)37-4/h5-11,15H,12-14H2,1-4H3,(H2,31,36);5-11,17H,12-13,15H2,1-4H3/t15-,27+;17-,27+. The SMILES string of the molecule is COc1c(C#N)ccc(F)c1-c1ccc(N(C[C@]2(c3ncccc3F)C[C@@H](F)C2)C(=O)OC(C)(C)C)nn1.COc1c(C(N)=O)ccc(F)c1-c1ccc(N(C[C@]2(c3ncccc3F)C[C@@H](F)C2)C(=O)OC(C)(C)C)nn1. The van der Waals surface area contributed by atoms with E-state index < -0.39 is 75.7 Å². The van der Waals surface area contributed by atoms with Gasteiger partial charge in [0.2, 0.25) is 0 Å². The molecule has 8 rings (SSSR count). The highest BCUT2D eigenvalue weighted by Crippen LogP contribution is 2.48. The molecule has 2 aromatic carbocycles. The lowest BCUT2D eigenvalue weighted by molar-refractivity contribution is 0.0501. The second kappa shape index (κ2) is 22.4. The molecule has 23 heteroatoms. The third kappa shape index (κ3) is 12.3. The summed E-state index contributed by atoms with van der Waals surface area (Å²) in [5.41, 5.74) is 1.35. The molecular weight excluding hydrogens is 1010 g/mol. The van der Waals surface area contributed by atoms with Crippen molar-refractivity contribution >= 4 is 29.7 Å². The van der Waals surface area contributed by atoms with Gasteiger partial charge in [0.1, 0.15) is 64.4 Å². The highest BCUT2D eigenvalue weighted by atomic mass is 19.2. The monoisotopic (exact) mass is 1070 g/mol. The molecule has 0 radical (unpaired) electrons. The third-order valence-electron chi connectivity index (χ3n) is 12.5. The van der Waals surface area contributed by atoms with Crippen molar-refractivity contribution in [1.29, 1.82) is 5.26 Å². The molecular formula is C54H54F6N10O7. The topological polar surface area (TPSA) is 222 Å². The number of anilines is 2. The van der Waals surface area contributed by atoms with Crippen LogP contribution in [0.3, 0.4) is 0 Å². The molecule has 3 amide bonds. The van der Waals surface area contributed by atoms with Crippen LogP contribution in [0.25, 0.3) is 22.5 Å². The average Bonchev–Trinajstić information content (AvgIpc) is 3.39. The molecule has 2 aliphatic carbocycles. The Morgan fingerprint density at radius 1 is 0.623 bits per heavy atom. The number of primary amides is 1. The number of ether oxygens (including phenoxy) is 4. The maximum Gasteiger partial charge on any atom is 0.416 e. The lowest BCUT2D eigenvalue weighted by Crippen LogP contribution is -2.54. The summed E-state index contributed by atoms with van der Waals surface area (Å²) in [6.07, 6.45) is -1.40. The van der Waals surface area contributed by atoms with E-state index in [1.807, 2.05) is 6.07 Å². The Morgan fingerprint density at radius 2 is 1.04 bits per heavy atom. The number of rotatable bonds is 13. The van der Waals surface area contributed by atoms with Crippen molar-refractivity contribution in [1.82, 2.24) is 30.4 Å². The fourth-order valence-electron chi connectivity index (χ4n) is 9.15. The summed E-state index contributed by atoms with van der Waals surface area (Å²) in [7, 11) is 2.56. The Kier molecular flexibility index (Phi) is 16.4. The molecule has 0 aliphatic heterocycles. The summed E-state index contributed by atoms with van der Waals surface area (Å²) in [6, 6.07) is 17.5. The maximum absolute atomic E-state index is 14.8. The van der Waals surface area contributed by atoms with Gasteiger partial charge in [0.05, 0.1) is 59.2 Å². The first-order valence-corrected chi connectivity index (χ1v) is 24.0. The van der Waals surface area contributed by atoms with Gasteiger partial charge in [-0.15, -0.1) is 20.4 Å².